The van der Waals surface area contributed by atoms with Crippen molar-refractivity contribution in [3.63, 3.8) is 0 Å². The fraction of sp³-hybridized carbons (Fsp3) is 0.467. The van der Waals surface area contributed by atoms with Crippen LogP contribution >= 0.6 is 12.2 Å². The molecule has 2 bridgehead atoms. The van der Waals surface area contributed by atoms with E-state index in [4.69, 9.17) is 26.4 Å². The predicted molar refractivity (Wildman–Crippen MR) is 83.8 cm³/mol. The van der Waals surface area contributed by atoms with Crippen LogP contribution in [0.25, 0.3) is 0 Å². The Morgan fingerprint density at radius 2 is 2.27 bits per heavy atom. The number of nitrogens with one attached hydrogen (secondary N) is 2. The van der Waals surface area contributed by atoms with Crippen LogP contribution in [0.5, 0.6) is 11.5 Å². The maximum absolute atomic E-state index is 12.4. The van der Waals surface area contributed by atoms with Crippen LogP contribution < -0.4 is 20.1 Å². The molecule has 22 heavy (non-hydrogen) atoms. The molecule has 2 heterocycles. The maximum atomic E-state index is 12.4. The Morgan fingerprint density at radius 3 is 2.95 bits per heavy atom. The van der Waals surface area contributed by atoms with Crippen LogP contribution in [0.4, 0.5) is 0 Å². The number of thiocarbonyl (C=S) groups is 1. The summed E-state index contributed by atoms with van der Waals surface area (Å²) < 4.78 is 16.5. The van der Waals surface area contributed by atoms with E-state index in [1.807, 2.05) is 12.1 Å². The molecular weight excluding hydrogens is 304 g/mol. The van der Waals surface area contributed by atoms with E-state index in [9.17, 15) is 4.79 Å². The van der Waals surface area contributed by atoms with Crippen LogP contribution in [-0.2, 0) is 9.53 Å². The molecule has 0 spiro atoms. The number of ether oxygens (including phenoxy) is 3. The molecule has 0 saturated carbocycles. The molecule has 7 heteroatoms. The molecule has 3 unspecified atom stereocenters. The van der Waals surface area contributed by atoms with Gasteiger partial charge in [-0.25, -0.2) is 0 Å². The number of hydrogen-bond donors (Lipinski definition) is 2. The second-order valence-corrected chi connectivity index (χ2v) is 5.83. The second-order valence-electron chi connectivity index (χ2n) is 5.42. The summed E-state index contributed by atoms with van der Waals surface area (Å²) in [6, 6.07) is 5.22. The van der Waals surface area contributed by atoms with Crippen LogP contribution in [0, 0.1) is 5.92 Å². The van der Waals surface area contributed by atoms with Crippen molar-refractivity contribution in [1.29, 1.82) is 0 Å². The molecule has 0 aliphatic carbocycles. The van der Waals surface area contributed by atoms with Gasteiger partial charge in [-0.3, -0.25) is 4.79 Å². The van der Waals surface area contributed by atoms with Crippen molar-refractivity contribution >= 4 is 23.3 Å². The number of carbonyl (C=O) groups excluding carboxylic acids is 1. The van der Waals surface area contributed by atoms with E-state index >= 15 is 0 Å². The van der Waals surface area contributed by atoms with Gasteiger partial charge < -0.3 is 24.8 Å². The number of methoxy groups -OCH3 is 1. The average Bonchev–Trinajstić information content (AvgIpc) is 2.45. The highest BCUT2D eigenvalue weighted by atomic mass is 32.1. The average molecular weight is 322 g/mol. The van der Waals surface area contributed by atoms with Crippen molar-refractivity contribution in [2.75, 3.05) is 13.7 Å². The fourth-order valence-corrected chi connectivity index (χ4v) is 3.37. The summed E-state index contributed by atoms with van der Waals surface area (Å²) in [4.78, 5) is 12.4. The van der Waals surface area contributed by atoms with Gasteiger partial charge in [0, 0.05) is 11.6 Å². The summed E-state index contributed by atoms with van der Waals surface area (Å²) in [5.74, 6) is 0.492. The first-order chi connectivity index (χ1) is 10.5. The summed E-state index contributed by atoms with van der Waals surface area (Å²) in [7, 11) is 1.60. The van der Waals surface area contributed by atoms with E-state index in [-0.39, 0.29) is 12.0 Å². The molecular formula is C15H18N2O4S. The van der Waals surface area contributed by atoms with Gasteiger partial charge in [0.2, 0.25) is 0 Å². The number of rotatable bonds is 3. The third kappa shape index (κ3) is 2.25. The van der Waals surface area contributed by atoms with E-state index in [2.05, 4.69) is 10.6 Å². The van der Waals surface area contributed by atoms with Crippen molar-refractivity contribution in [3.8, 4) is 11.5 Å². The molecule has 0 amide bonds. The lowest BCUT2D eigenvalue weighted by Gasteiger charge is -2.50. The van der Waals surface area contributed by atoms with Crippen molar-refractivity contribution in [2.24, 2.45) is 5.92 Å². The van der Waals surface area contributed by atoms with E-state index in [0.717, 1.165) is 5.56 Å². The first-order valence-corrected chi connectivity index (χ1v) is 7.51. The SMILES string of the molecule is CCOC(=O)C1C2NC(=S)NC1(C)Oc1cc(OC)ccc12. The lowest BCUT2D eigenvalue weighted by Crippen LogP contribution is -2.70. The molecule has 118 valence electrons. The third-order valence-electron chi connectivity index (χ3n) is 3.99. The normalized spacial score (nSPS) is 28.6. The topological polar surface area (TPSA) is 68.8 Å². The summed E-state index contributed by atoms with van der Waals surface area (Å²) in [5.41, 5.74) is -0.0984. The lowest BCUT2D eigenvalue weighted by atomic mass is 9.80. The number of benzene rings is 1. The molecule has 1 fully saturated rings. The second kappa shape index (κ2) is 5.31. The molecule has 3 rings (SSSR count). The first kappa shape index (κ1) is 14.9. The van der Waals surface area contributed by atoms with Crippen molar-refractivity contribution < 1.29 is 19.0 Å². The molecule has 1 aromatic rings. The Balaban J connectivity index is 2.08. The standard InChI is InChI=1S/C15H18N2O4S/c1-4-20-13(18)11-12-9-6-5-8(19-3)7-10(9)21-15(11,2)17-14(22)16-12/h5-7,11-12H,4H2,1-3H3,(H2,16,17,22). The molecule has 6 nitrogen and oxygen atoms in total. The van der Waals surface area contributed by atoms with Gasteiger partial charge in [-0.1, -0.05) is 0 Å². The van der Waals surface area contributed by atoms with Gasteiger partial charge in [-0.2, -0.15) is 0 Å². The Kier molecular flexibility index (Phi) is 3.60. The summed E-state index contributed by atoms with van der Waals surface area (Å²) in [5, 5.41) is 6.66. The molecule has 1 saturated heterocycles. The Hall–Kier alpha value is -2.02. The van der Waals surface area contributed by atoms with Crippen LogP contribution in [0.1, 0.15) is 25.5 Å². The van der Waals surface area contributed by atoms with E-state index < -0.39 is 11.6 Å². The minimum atomic E-state index is -0.960. The van der Waals surface area contributed by atoms with E-state index in [0.29, 0.717) is 23.2 Å². The van der Waals surface area contributed by atoms with E-state index in [1.165, 1.54) is 0 Å². The molecule has 2 N–H and O–H groups in total. The van der Waals surface area contributed by atoms with Crippen LogP contribution in [-0.4, -0.2) is 30.5 Å². The third-order valence-corrected chi connectivity index (χ3v) is 4.21. The molecule has 1 aromatic carbocycles. The molecule has 0 radical (unpaired) electrons. The molecule has 3 atom stereocenters. The van der Waals surface area contributed by atoms with Crippen molar-refractivity contribution in [3.05, 3.63) is 23.8 Å². The van der Waals surface area contributed by atoms with Crippen LogP contribution in [0.3, 0.4) is 0 Å². The largest absolute Gasteiger partial charge is 0.497 e. The zero-order valence-corrected chi connectivity index (χ0v) is 13.5. The van der Waals surface area contributed by atoms with Crippen molar-refractivity contribution in [1.82, 2.24) is 10.6 Å². The molecule has 2 aliphatic rings. The number of carbonyl (C=O) groups is 1. The maximum Gasteiger partial charge on any atom is 0.317 e. The van der Waals surface area contributed by atoms with Gasteiger partial charge in [0.1, 0.15) is 17.4 Å². The predicted octanol–water partition coefficient (Wildman–Crippen LogP) is 1.50. The number of fused-ring (bicyclic) bond motifs is 4. The van der Waals surface area contributed by atoms with Gasteiger partial charge in [-0.05, 0) is 38.2 Å². The van der Waals surface area contributed by atoms with Gasteiger partial charge in [0.15, 0.2) is 10.8 Å². The van der Waals surface area contributed by atoms with Gasteiger partial charge in [-0.15, -0.1) is 0 Å². The van der Waals surface area contributed by atoms with Gasteiger partial charge in [0.25, 0.3) is 0 Å². The Labute approximate surface area is 134 Å². The van der Waals surface area contributed by atoms with Crippen molar-refractivity contribution in [2.45, 2.75) is 25.6 Å². The smallest absolute Gasteiger partial charge is 0.317 e. The summed E-state index contributed by atoms with van der Waals surface area (Å²) in [6.07, 6.45) is 0. The van der Waals surface area contributed by atoms with E-state index in [1.54, 1.807) is 27.0 Å². The van der Waals surface area contributed by atoms with Crippen LogP contribution in [0.2, 0.25) is 0 Å². The van der Waals surface area contributed by atoms with Gasteiger partial charge >= 0.3 is 5.97 Å². The fourth-order valence-electron chi connectivity index (χ4n) is 3.04. The Morgan fingerprint density at radius 1 is 1.50 bits per heavy atom. The zero-order valence-electron chi connectivity index (χ0n) is 12.6. The van der Waals surface area contributed by atoms with Gasteiger partial charge in [0.05, 0.1) is 19.8 Å². The highest BCUT2D eigenvalue weighted by Crippen LogP contribution is 2.46. The quantitative estimate of drug-likeness (QED) is 0.645. The first-order valence-electron chi connectivity index (χ1n) is 7.10. The summed E-state index contributed by atoms with van der Waals surface area (Å²) in [6.45, 7) is 3.90. The minimum absolute atomic E-state index is 0.299. The van der Waals surface area contributed by atoms with Crippen LogP contribution in [0.15, 0.2) is 18.2 Å². The zero-order chi connectivity index (χ0) is 15.9. The molecule has 2 aliphatic heterocycles. The highest BCUT2D eigenvalue weighted by molar-refractivity contribution is 7.80. The Bertz CT molecular complexity index is 636. The highest BCUT2D eigenvalue weighted by Gasteiger charge is 2.55. The summed E-state index contributed by atoms with van der Waals surface area (Å²) >= 11 is 5.23. The lowest BCUT2D eigenvalue weighted by molar-refractivity contribution is -0.162. The monoisotopic (exact) mass is 322 g/mol. The number of hydrogen-bond acceptors (Lipinski definition) is 5. The molecule has 0 aromatic heterocycles. The minimum Gasteiger partial charge on any atom is -0.497 e. The number of esters is 1.